The summed E-state index contributed by atoms with van der Waals surface area (Å²) < 4.78 is 16.6. The minimum Gasteiger partial charge on any atom is -0.456 e. The number of para-hydroxylation sites is 1. The number of rotatable bonds is 1. The molecule has 4 aliphatic rings. The Hall–Kier alpha value is -6.98. The Kier molecular flexibility index (Phi) is 7.11. The summed E-state index contributed by atoms with van der Waals surface area (Å²) in [6.45, 7) is 21.2. The van der Waals surface area contributed by atoms with Gasteiger partial charge < -0.3 is 18.2 Å². The lowest BCUT2D eigenvalue weighted by Gasteiger charge is -2.42. The number of furan rings is 2. The van der Waals surface area contributed by atoms with E-state index in [1.165, 1.54) is 117 Å². The van der Waals surface area contributed by atoms with Crippen LogP contribution in [0, 0.1) is 0 Å². The third-order valence-corrected chi connectivity index (χ3v) is 17.4. The Bertz CT molecular complexity index is 4110. The number of nitrogens with zero attached hydrogens (tertiary/aromatic N) is 2. The SMILES string of the molecule is CC(C)(C)c1ccc(N2B3c4cc5c(cc4-n4c6ccc7c8ccccc8oc7c6c6ccc(c3c64)-c3cc4oc6cc7c(cc6c4cc32)C(C)(C)CCC7(C)C)C(C)(C)c2ccccc2-5)cc1. The summed E-state index contributed by atoms with van der Waals surface area (Å²) in [5.74, 6) is 0. The fourth-order valence-electron chi connectivity index (χ4n) is 13.6. The fourth-order valence-corrected chi connectivity index (χ4v) is 13.6. The zero-order valence-electron chi connectivity index (χ0n) is 40.4. The van der Waals surface area contributed by atoms with Crippen LogP contribution in [0.1, 0.15) is 103 Å². The lowest BCUT2D eigenvalue weighted by molar-refractivity contribution is 0.332. The van der Waals surface area contributed by atoms with E-state index in [1.807, 2.05) is 0 Å². The molecule has 5 heteroatoms. The van der Waals surface area contributed by atoms with Gasteiger partial charge in [-0.3, -0.25) is 0 Å². The highest BCUT2D eigenvalue weighted by Gasteiger charge is 2.47. The number of anilines is 2. The van der Waals surface area contributed by atoms with Crippen LogP contribution in [-0.4, -0.2) is 11.4 Å². The molecule has 330 valence electrons. The maximum atomic E-state index is 7.06. The van der Waals surface area contributed by atoms with Crippen LogP contribution >= 0.6 is 0 Å². The molecular weight excluding hydrogens is 828 g/mol. The van der Waals surface area contributed by atoms with Crippen molar-refractivity contribution in [3.8, 4) is 27.9 Å². The first-order chi connectivity index (χ1) is 32.6. The average molecular weight is 881 g/mol. The van der Waals surface area contributed by atoms with Crippen molar-refractivity contribution in [2.24, 2.45) is 0 Å². The van der Waals surface area contributed by atoms with Gasteiger partial charge in [0, 0.05) is 55.0 Å². The normalized spacial score (nSPS) is 17.1. The number of fused-ring (bicyclic) bond motifs is 19. The molecule has 8 aromatic carbocycles. The van der Waals surface area contributed by atoms with E-state index >= 15 is 0 Å². The van der Waals surface area contributed by atoms with Crippen LogP contribution in [0.2, 0.25) is 0 Å². The van der Waals surface area contributed by atoms with Crippen LogP contribution in [0.4, 0.5) is 11.4 Å². The van der Waals surface area contributed by atoms with Crippen molar-refractivity contribution in [3.63, 3.8) is 0 Å². The molecule has 2 aliphatic heterocycles. The van der Waals surface area contributed by atoms with Gasteiger partial charge in [-0.25, -0.2) is 0 Å². The van der Waals surface area contributed by atoms with Crippen molar-refractivity contribution in [3.05, 3.63) is 161 Å². The molecule has 0 bridgehead atoms. The number of benzene rings is 8. The second-order valence-corrected chi connectivity index (χ2v) is 23.5. The maximum Gasteiger partial charge on any atom is 0.333 e. The number of hydrogen-bond donors (Lipinski definition) is 0. The summed E-state index contributed by atoms with van der Waals surface area (Å²) in [4.78, 5) is 2.68. The Morgan fingerprint density at radius 1 is 0.515 bits per heavy atom. The molecule has 68 heavy (non-hydrogen) atoms. The molecule has 5 heterocycles. The van der Waals surface area contributed by atoms with Gasteiger partial charge in [0.15, 0.2) is 0 Å². The highest BCUT2D eigenvalue weighted by molar-refractivity contribution is 6.93. The van der Waals surface area contributed by atoms with E-state index < -0.39 is 0 Å². The second kappa shape index (κ2) is 12.4. The summed E-state index contributed by atoms with van der Waals surface area (Å²) in [6.07, 6.45) is 2.33. The highest BCUT2D eigenvalue weighted by Crippen LogP contribution is 2.54. The molecule has 0 saturated heterocycles. The van der Waals surface area contributed by atoms with E-state index in [1.54, 1.807) is 0 Å². The number of hydrogen-bond acceptors (Lipinski definition) is 3. The molecule has 0 atom stereocenters. The third kappa shape index (κ3) is 4.77. The molecule has 0 saturated carbocycles. The first-order valence-electron chi connectivity index (χ1n) is 24.7. The average Bonchev–Trinajstić information content (AvgIpc) is 4.04. The van der Waals surface area contributed by atoms with Crippen molar-refractivity contribution in [2.75, 3.05) is 4.81 Å². The summed E-state index contributed by atoms with van der Waals surface area (Å²) >= 11 is 0. The van der Waals surface area contributed by atoms with Crippen LogP contribution in [0.25, 0.3) is 93.6 Å². The van der Waals surface area contributed by atoms with Crippen molar-refractivity contribution in [1.29, 1.82) is 0 Å². The van der Waals surface area contributed by atoms with E-state index in [-0.39, 0.29) is 28.5 Å². The van der Waals surface area contributed by atoms with Crippen molar-refractivity contribution < 1.29 is 8.83 Å². The molecular formula is C63H53BN2O2. The summed E-state index contributed by atoms with van der Waals surface area (Å²) in [7, 11) is 0. The van der Waals surface area contributed by atoms with Gasteiger partial charge in [-0.2, -0.15) is 0 Å². The third-order valence-electron chi connectivity index (χ3n) is 17.4. The zero-order valence-corrected chi connectivity index (χ0v) is 40.4. The molecule has 0 radical (unpaired) electrons. The van der Waals surface area contributed by atoms with E-state index in [2.05, 4.69) is 205 Å². The second-order valence-electron chi connectivity index (χ2n) is 23.5. The quantitative estimate of drug-likeness (QED) is 0.154. The highest BCUT2D eigenvalue weighted by atomic mass is 16.3. The molecule has 0 N–H and O–H groups in total. The molecule has 2 aliphatic carbocycles. The Labute approximate surface area is 397 Å². The lowest BCUT2D eigenvalue weighted by Crippen LogP contribution is -2.60. The molecule has 0 amide bonds. The van der Waals surface area contributed by atoms with Crippen LogP contribution < -0.4 is 15.7 Å². The number of aromatic nitrogens is 1. The minimum absolute atomic E-state index is 0.0154. The largest absolute Gasteiger partial charge is 0.456 e. The zero-order chi connectivity index (χ0) is 46.1. The standard InChI is InChI=1S/C63H53BN2O2/c1-60(2,3)34-18-20-35(21-19-34)66-51-30-44-43-28-47-48(62(6,7)27-26-61(47,4)5)33-55(43)67-54(44)31-42(51)38-22-23-40-56-50(25-24-39-37-15-11-13-17-53(37)68-59(39)56)65-52-32-46-41(29-49(52)64(66)57(38)58(40)65)36-14-10-12-16-45(36)63(46,8)9/h10-25,28-33H,26-27H2,1-9H3. The predicted octanol–water partition coefficient (Wildman–Crippen LogP) is 15.8. The topological polar surface area (TPSA) is 34.5 Å². The molecule has 15 rings (SSSR count). The molecule has 11 aromatic rings. The van der Waals surface area contributed by atoms with Gasteiger partial charge in [-0.15, -0.1) is 0 Å². The molecule has 3 aromatic heterocycles. The van der Waals surface area contributed by atoms with Crippen LogP contribution in [0.3, 0.4) is 0 Å². The van der Waals surface area contributed by atoms with Gasteiger partial charge in [-0.1, -0.05) is 135 Å². The van der Waals surface area contributed by atoms with E-state index in [9.17, 15) is 0 Å². The fraction of sp³-hybridized carbons (Fsp3) is 0.238. The van der Waals surface area contributed by atoms with Crippen molar-refractivity contribution in [1.82, 2.24) is 4.57 Å². The van der Waals surface area contributed by atoms with Gasteiger partial charge in [-0.05, 0) is 145 Å². The lowest BCUT2D eigenvalue weighted by atomic mass is 9.43. The Balaban J connectivity index is 1.10. The van der Waals surface area contributed by atoms with Gasteiger partial charge in [0.2, 0.25) is 0 Å². The summed E-state index contributed by atoms with van der Waals surface area (Å²) in [5.41, 5.74) is 24.5. The van der Waals surface area contributed by atoms with E-state index in [0.717, 1.165) is 39.5 Å². The van der Waals surface area contributed by atoms with E-state index in [0.29, 0.717) is 0 Å². The Morgan fingerprint density at radius 3 is 2.01 bits per heavy atom. The van der Waals surface area contributed by atoms with Crippen LogP contribution in [0.15, 0.2) is 142 Å². The first-order valence-corrected chi connectivity index (χ1v) is 24.7. The molecule has 4 nitrogen and oxygen atoms in total. The van der Waals surface area contributed by atoms with Crippen LogP contribution in [-0.2, 0) is 21.7 Å². The molecule has 0 unspecified atom stereocenters. The van der Waals surface area contributed by atoms with Crippen molar-refractivity contribution >= 4 is 94.8 Å². The molecule has 0 spiro atoms. The maximum absolute atomic E-state index is 7.06. The first kappa shape index (κ1) is 39.1. The smallest absolute Gasteiger partial charge is 0.333 e. The monoisotopic (exact) mass is 880 g/mol. The summed E-state index contributed by atoms with van der Waals surface area (Å²) in [5, 5.41) is 7.05. The van der Waals surface area contributed by atoms with Crippen LogP contribution in [0.5, 0.6) is 0 Å². The van der Waals surface area contributed by atoms with Gasteiger partial charge >= 0.3 is 6.85 Å². The van der Waals surface area contributed by atoms with Crippen molar-refractivity contribution in [2.45, 2.75) is 96.8 Å². The Morgan fingerprint density at radius 2 is 1.22 bits per heavy atom. The van der Waals surface area contributed by atoms with E-state index in [4.69, 9.17) is 8.83 Å². The summed E-state index contributed by atoms with van der Waals surface area (Å²) in [6, 6.07) is 51.3. The minimum atomic E-state index is -0.171. The predicted molar refractivity (Wildman–Crippen MR) is 286 cm³/mol. The van der Waals surface area contributed by atoms with Gasteiger partial charge in [0.05, 0.1) is 16.4 Å². The van der Waals surface area contributed by atoms with Gasteiger partial charge in [0.25, 0.3) is 0 Å². The van der Waals surface area contributed by atoms with Gasteiger partial charge in [0.1, 0.15) is 22.3 Å². The molecule has 0 fully saturated rings.